The van der Waals surface area contributed by atoms with Gasteiger partial charge in [-0.1, -0.05) is 31.0 Å². The average molecular weight is 235 g/mol. The van der Waals surface area contributed by atoms with E-state index in [9.17, 15) is 0 Å². The fraction of sp³-hybridized carbons (Fsp3) is 0.571. The van der Waals surface area contributed by atoms with Crippen molar-refractivity contribution in [3.05, 3.63) is 29.8 Å². The second-order valence-corrected chi connectivity index (χ2v) is 4.61. The number of ether oxygens (including phenoxy) is 2. The Morgan fingerprint density at radius 3 is 2.76 bits per heavy atom. The lowest BCUT2D eigenvalue weighted by molar-refractivity contribution is 0.00331. The third-order valence-electron chi connectivity index (χ3n) is 3.40. The standard InChI is InChI=1S/C14H21NO2/c1-16-13-8-4-2-6-11(13)10-17-14-9-5-3-7-12(14)15/h2,4,6,8,12,14H,3,5,7,9-10,15H2,1H3. The molecule has 0 bridgehead atoms. The minimum atomic E-state index is 0.193. The van der Waals surface area contributed by atoms with Crippen molar-refractivity contribution in [3.63, 3.8) is 0 Å². The fourth-order valence-corrected chi connectivity index (χ4v) is 2.35. The molecule has 1 aliphatic rings. The predicted octanol–water partition coefficient (Wildman–Crippen LogP) is 2.48. The summed E-state index contributed by atoms with van der Waals surface area (Å²) in [6.07, 6.45) is 4.82. The van der Waals surface area contributed by atoms with Gasteiger partial charge in [0.1, 0.15) is 5.75 Å². The molecule has 0 aliphatic heterocycles. The maximum Gasteiger partial charge on any atom is 0.124 e. The molecule has 0 amide bonds. The number of para-hydroxylation sites is 1. The molecule has 94 valence electrons. The van der Waals surface area contributed by atoms with Crippen molar-refractivity contribution in [2.45, 2.75) is 44.4 Å². The van der Waals surface area contributed by atoms with E-state index in [0.717, 1.165) is 24.2 Å². The summed E-state index contributed by atoms with van der Waals surface area (Å²) >= 11 is 0. The molecule has 0 spiro atoms. The maximum absolute atomic E-state index is 6.06. The topological polar surface area (TPSA) is 44.5 Å². The van der Waals surface area contributed by atoms with E-state index in [1.54, 1.807) is 7.11 Å². The summed E-state index contributed by atoms with van der Waals surface area (Å²) in [5.74, 6) is 0.886. The normalized spacial score (nSPS) is 24.6. The molecular formula is C14H21NO2. The summed E-state index contributed by atoms with van der Waals surface area (Å²) in [5.41, 5.74) is 7.15. The Bertz CT molecular complexity index is 354. The summed E-state index contributed by atoms with van der Waals surface area (Å²) in [6.45, 7) is 0.586. The molecule has 0 radical (unpaired) electrons. The Morgan fingerprint density at radius 1 is 1.24 bits per heavy atom. The van der Waals surface area contributed by atoms with Gasteiger partial charge in [0, 0.05) is 11.6 Å². The number of hydrogen-bond donors (Lipinski definition) is 1. The Labute approximate surface area is 103 Å². The van der Waals surface area contributed by atoms with Crippen LogP contribution in [0.1, 0.15) is 31.2 Å². The molecule has 1 fully saturated rings. The summed E-state index contributed by atoms with van der Waals surface area (Å²) in [7, 11) is 1.69. The quantitative estimate of drug-likeness (QED) is 0.872. The largest absolute Gasteiger partial charge is 0.496 e. The van der Waals surface area contributed by atoms with E-state index in [0.29, 0.717) is 6.61 Å². The second-order valence-electron chi connectivity index (χ2n) is 4.61. The summed E-state index contributed by atoms with van der Waals surface area (Å²) in [6, 6.07) is 8.15. The lowest BCUT2D eigenvalue weighted by Gasteiger charge is -2.28. The van der Waals surface area contributed by atoms with Crippen LogP contribution in [-0.4, -0.2) is 19.3 Å². The lowest BCUT2D eigenvalue weighted by atomic mass is 9.93. The number of hydrogen-bond acceptors (Lipinski definition) is 3. The van der Waals surface area contributed by atoms with Crippen LogP contribution in [0.25, 0.3) is 0 Å². The van der Waals surface area contributed by atoms with Crippen LogP contribution in [0, 0.1) is 0 Å². The van der Waals surface area contributed by atoms with Crippen LogP contribution in [0.5, 0.6) is 5.75 Å². The van der Waals surface area contributed by atoms with Gasteiger partial charge in [-0.05, 0) is 18.9 Å². The van der Waals surface area contributed by atoms with Crippen molar-refractivity contribution >= 4 is 0 Å². The van der Waals surface area contributed by atoms with Crippen molar-refractivity contribution in [3.8, 4) is 5.75 Å². The minimum Gasteiger partial charge on any atom is -0.496 e. The molecule has 17 heavy (non-hydrogen) atoms. The van der Waals surface area contributed by atoms with Crippen LogP contribution in [0.3, 0.4) is 0 Å². The van der Waals surface area contributed by atoms with Crippen LogP contribution >= 0.6 is 0 Å². The second kappa shape index (κ2) is 6.03. The van der Waals surface area contributed by atoms with Gasteiger partial charge in [0.05, 0.1) is 19.8 Å². The summed E-state index contributed by atoms with van der Waals surface area (Å²) in [5, 5.41) is 0. The van der Waals surface area contributed by atoms with Crippen LogP contribution in [0.4, 0.5) is 0 Å². The zero-order valence-corrected chi connectivity index (χ0v) is 10.4. The Morgan fingerprint density at radius 2 is 2.00 bits per heavy atom. The lowest BCUT2D eigenvalue weighted by Crippen LogP contribution is -2.39. The Kier molecular flexibility index (Phi) is 4.40. The molecule has 1 aromatic carbocycles. The first-order valence-electron chi connectivity index (χ1n) is 6.30. The zero-order valence-electron chi connectivity index (χ0n) is 10.4. The molecule has 0 aromatic heterocycles. The molecule has 2 atom stereocenters. The van der Waals surface area contributed by atoms with Gasteiger partial charge in [0.25, 0.3) is 0 Å². The average Bonchev–Trinajstić information content (AvgIpc) is 2.38. The summed E-state index contributed by atoms with van der Waals surface area (Å²) < 4.78 is 11.2. The Balaban J connectivity index is 1.92. The van der Waals surface area contributed by atoms with Gasteiger partial charge in [-0.25, -0.2) is 0 Å². The van der Waals surface area contributed by atoms with Crippen molar-refractivity contribution in [1.82, 2.24) is 0 Å². The smallest absolute Gasteiger partial charge is 0.124 e. The van der Waals surface area contributed by atoms with E-state index in [4.69, 9.17) is 15.2 Å². The van der Waals surface area contributed by atoms with Gasteiger partial charge < -0.3 is 15.2 Å². The highest BCUT2D eigenvalue weighted by Gasteiger charge is 2.22. The molecule has 0 saturated heterocycles. The van der Waals surface area contributed by atoms with Gasteiger partial charge in [-0.15, -0.1) is 0 Å². The summed E-state index contributed by atoms with van der Waals surface area (Å²) in [4.78, 5) is 0. The number of benzene rings is 1. The molecule has 3 heteroatoms. The van der Waals surface area contributed by atoms with Crippen LogP contribution in [0.15, 0.2) is 24.3 Å². The molecule has 1 saturated carbocycles. The van der Waals surface area contributed by atoms with Crippen LogP contribution < -0.4 is 10.5 Å². The highest BCUT2D eigenvalue weighted by Crippen LogP contribution is 2.23. The molecule has 1 aliphatic carbocycles. The number of rotatable bonds is 4. The van der Waals surface area contributed by atoms with E-state index < -0.39 is 0 Å². The molecular weight excluding hydrogens is 214 g/mol. The molecule has 2 N–H and O–H groups in total. The van der Waals surface area contributed by atoms with E-state index in [1.807, 2.05) is 24.3 Å². The molecule has 2 rings (SSSR count). The fourth-order valence-electron chi connectivity index (χ4n) is 2.35. The van der Waals surface area contributed by atoms with Crippen LogP contribution in [0.2, 0.25) is 0 Å². The maximum atomic E-state index is 6.06. The minimum absolute atomic E-state index is 0.193. The first kappa shape index (κ1) is 12.4. The monoisotopic (exact) mass is 235 g/mol. The van der Waals surface area contributed by atoms with Gasteiger partial charge >= 0.3 is 0 Å². The first-order valence-corrected chi connectivity index (χ1v) is 6.30. The Hall–Kier alpha value is -1.06. The predicted molar refractivity (Wildman–Crippen MR) is 68.0 cm³/mol. The van der Waals surface area contributed by atoms with Gasteiger partial charge in [-0.2, -0.15) is 0 Å². The molecule has 2 unspecified atom stereocenters. The zero-order chi connectivity index (χ0) is 12.1. The highest BCUT2D eigenvalue weighted by atomic mass is 16.5. The van der Waals surface area contributed by atoms with Crippen molar-refractivity contribution in [2.75, 3.05) is 7.11 Å². The SMILES string of the molecule is COc1ccccc1COC1CCCCC1N. The number of methoxy groups -OCH3 is 1. The third-order valence-corrected chi connectivity index (χ3v) is 3.40. The number of nitrogens with two attached hydrogens (primary N) is 1. The van der Waals surface area contributed by atoms with Crippen molar-refractivity contribution < 1.29 is 9.47 Å². The highest BCUT2D eigenvalue weighted by molar-refractivity contribution is 5.32. The van der Waals surface area contributed by atoms with E-state index >= 15 is 0 Å². The molecule has 3 nitrogen and oxygen atoms in total. The van der Waals surface area contributed by atoms with Crippen molar-refractivity contribution in [1.29, 1.82) is 0 Å². The molecule has 1 aromatic rings. The third kappa shape index (κ3) is 3.20. The van der Waals surface area contributed by atoms with E-state index in [-0.39, 0.29) is 12.1 Å². The van der Waals surface area contributed by atoms with Gasteiger partial charge in [0.2, 0.25) is 0 Å². The first-order chi connectivity index (χ1) is 8.31. The van der Waals surface area contributed by atoms with Gasteiger partial charge in [-0.3, -0.25) is 0 Å². The van der Waals surface area contributed by atoms with Crippen LogP contribution in [-0.2, 0) is 11.3 Å². The molecule has 0 heterocycles. The van der Waals surface area contributed by atoms with Crippen molar-refractivity contribution in [2.24, 2.45) is 5.73 Å². The van der Waals surface area contributed by atoms with E-state index in [1.165, 1.54) is 12.8 Å². The van der Waals surface area contributed by atoms with Gasteiger partial charge in [0.15, 0.2) is 0 Å². The van der Waals surface area contributed by atoms with E-state index in [2.05, 4.69) is 0 Å².